The largest absolute Gasteiger partial charge is 0.450 e. The highest BCUT2D eigenvalue weighted by Gasteiger charge is 2.20. The number of nitrogens with zero attached hydrogens (tertiary/aromatic N) is 1. The third kappa shape index (κ3) is 4.96. The summed E-state index contributed by atoms with van der Waals surface area (Å²) in [6.07, 6.45) is 0. The van der Waals surface area contributed by atoms with Gasteiger partial charge in [0.1, 0.15) is 0 Å². The van der Waals surface area contributed by atoms with E-state index in [1.165, 1.54) is 6.07 Å². The highest BCUT2D eigenvalue weighted by molar-refractivity contribution is 9.10. The van der Waals surface area contributed by atoms with Crippen molar-refractivity contribution < 1.29 is 18.7 Å². The summed E-state index contributed by atoms with van der Waals surface area (Å²) < 4.78 is 10.6. The van der Waals surface area contributed by atoms with Crippen LogP contribution in [-0.2, 0) is 16.1 Å². The first-order chi connectivity index (χ1) is 11.0. The molecule has 122 valence electrons. The van der Waals surface area contributed by atoms with Crippen LogP contribution in [0.25, 0.3) is 0 Å². The zero-order valence-electron chi connectivity index (χ0n) is 13.0. The van der Waals surface area contributed by atoms with Crippen LogP contribution in [0.3, 0.4) is 0 Å². The summed E-state index contributed by atoms with van der Waals surface area (Å²) in [6.45, 7) is 4.00. The Morgan fingerprint density at radius 3 is 2.43 bits per heavy atom. The standard InChI is InChI=1S/C17H18BrNO4/c1-12(2)19(10-13-6-4-3-5-7-13)16(20)11-22-17(21)14-8-9-15(18)23-14/h3-9,12H,10-11H2,1-2H3. The summed E-state index contributed by atoms with van der Waals surface area (Å²) in [5.74, 6) is -0.848. The number of hydrogen-bond donors (Lipinski definition) is 0. The summed E-state index contributed by atoms with van der Waals surface area (Å²) in [4.78, 5) is 25.8. The molecule has 0 bridgehead atoms. The molecule has 0 aliphatic carbocycles. The predicted molar refractivity (Wildman–Crippen MR) is 88.8 cm³/mol. The number of benzene rings is 1. The molecule has 0 N–H and O–H groups in total. The number of amides is 1. The van der Waals surface area contributed by atoms with Crippen LogP contribution in [-0.4, -0.2) is 29.4 Å². The zero-order valence-corrected chi connectivity index (χ0v) is 14.6. The van der Waals surface area contributed by atoms with Gasteiger partial charge >= 0.3 is 5.97 Å². The third-order valence-corrected chi connectivity index (χ3v) is 3.67. The first-order valence-corrected chi connectivity index (χ1v) is 8.02. The van der Waals surface area contributed by atoms with Gasteiger partial charge in [0.25, 0.3) is 5.91 Å². The average molecular weight is 380 g/mol. The lowest BCUT2D eigenvalue weighted by molar-refractivity contribution is -0.137. The third-order valence-electron chi connectivity index (χ3n) is 3.24. The minimum Gasteiger partial charge on any atom is -0.450 e. The van der Waals surface area contributed by atoms with E-state index >= 15 is 0 Å². The van der Waals surface area contributed by atoms with Crippen LogP contribution >= 0.6 is 15.9 Å². The van der Waals surface area contributed by atoms with E-state index in [0.29, 0.717) is 11.2 Å². The van der Waals surface area contributed by atoms with Crippen molar-refractivity contribution in [1.82, 2.24) is 4.90 Å². The minimum atomic E-state index is -0.660. The Hall–Kier alpha value is -2.08. The van der Waals surface area contributed by atoms with E-state index in [9.17, 15) is 9.59 Å². The fourth-order valence-electron chi connectivity index (χ4n) is 2.04. The molecule has 6 heteroatoms. The fraction of sp³-hybridized carbons (Fsp3) is 0.294. The van der Waals surface area contributed by atoms with Crippen molar-refractivity contribution in [3.05, 3.63) is 58.5 Å². The maximum Gasteiger partial charge on any atom is 0.374 e. The molecule has 0 atom stereocenters. The Bertz CT molecular complexity index is 666. The predicted octanol–water partition coefficient (Wildman–Crippen LogP) is 3.64. The maximum absolute atomic E-state index is 12.3. The van der Waals surface area contributed by atoms with E-state index in [0.717, 1.165) is 5.56 Å². The highest BCUT2D eigenvalue weighted by Crippen LogP contribution is 2.15. The lowest BCUT2D eigenvalue weighted by Crippen LogP contribution is -2.39. The van der Waals surface area contributed by atoms with Crippen molar-refractivity contribution in [2.24, 2.45) is 0 Å². The molecule has 1 aromatic carbocycles. The lowest BCUT2D eigenvalue weighted by Gasteiger charge is -2.26. The molecule has 2 rings (SSSR count). The van der Waals surface area contributed by atoms with Crippen molar-refractivity contribution in [2.45, 2.75) is 26.4 Å². The molecule has 0 fully saturated rings. The van der Waals surface area contributed by atoms with Crippen LogP contribution in [0.1, 0.15) is 30.0 Å². The molecule has 0 radical (unpaired) electrons. The molecule has 0 aliphatic rings. The topological polar surface area (TPSA) is 59.8 Å². The summed E-state index contributed by atoms with van der Waals surface area (Å²) in [5.41, 5.74) is 1.02. The highest BCUT2D eigenvalue weighted by atomic mass is 79.9. The fourth-order valence-corrected chi connectivity index (χ4v) is 2.35. The van der Waals surface area contributed by atoms with Gasteiger partial charge in [-0.3, -0.25) is 4.79 Å². The molecule has 5 nitrogen and oxygen atoms in total. The van der Waals surface area contributed by atoms with E-state index in [1.807, 2.05) is 44.2 Å². The number of hydrogen-bond acceptors (Lipinski definition) is 4. The van der Waals surface area contributed by atoms with Gasteiger partial charge in [0.05, 0.1) is 0 Å². The maximum atomic E-state index is 12.3. The number of esters is 1. The van der Waals surface area contributed by atoms with E-state index in [4.69, 9.17) is 9.15 Å². The van der Waals surface area contributed by atoms with Crippen molar-refractivity contribution in [3.8, 4) is 0 Å². The van der Waals surface area contributed by atoms with Crippen molar-refractivity contribution in [1.29, 1.82) is 0 Å². The quantitative estimate of drug-likeness (QED) is 0.718. The van der Waals surface area contributed by atoms with Gasteiger partial charge in [-0.2, -0.15) is 0 Å². The van der Waals surface area contributed by atoms with Gasteiger partial charge in [0.2, 0.25) is 5.76 Å². The van der Waals surface area contributed by atoms with Gasteiger partial charge in [-0.1, -0.05) is 30.3 Å². The molecular weight excluding hydrogens is 362 g/mol. The van der Waals surface area contributed by atoms with E-state index < -0.39 is 5.97 Å². The minimum absolute atomic E-state index is 0.000773. The summed E-state index contributed by atoms with van der Waals surface area (Å²) >= 11 is 3.11. The number of furan rings is 1. The van der Waals surface area contributed by atoms with Crippen LogP contribution < -0.4 is 0 Å². The Morgan fingerprint density at radius 1 is 1.17 bits per heavy atom. The van der Waals surface area contributed by atoms with Crippen LogP contribution in [0.15, 0.2) is 51.6 Å². The smallest absolute Gasteiger partial charge is 0.374 e. The second-order valence-electron chi connectivity index (χ2n) is 5.28. The van der Waals surface area contributed by atoms with Gasteiger partial charge in [0.15, 0.2) is 11.3 Å². The Labute approximate surface area is 143 Å². The van der Waals surface area contributed by atoms with Gasteiger partial charge in [-0.15, -0.1) is 0 Å². The number of carbonyl (C=O) groups excluding carboxylic acids is 2. The van der Waals surface area contributed by atoms with E-state index in [2.05, 4.69) is 15.9 Å². The van der Waals surface area contributed by atoms with Gasteiger partial charge in [0, 0.05) is 12.6 Å². The van der Waals surface area contributed by atoms with Gasteiger partial charge in [-0.05, 0) is 47.5 Å². The van der Waals surface area contributed by atoms with Crippen molar-refractivity contribution >= 4 is 27.8 Å². The van der Waals surface area contributed by atoms with Crippen molar-refractivity contribution in [2.75, 3.05) is 6.61 Å². The first kappa shape index (κ1) is 17.3. The monoisotopic (exact) mass is 379 g/mol. The zero-order chi connectivity index (χ0) is 16.8. The van der Waals surface area contributed by atoms with E-state index in [-0.39, 0.29) is 24.3 Å². The molecular formula is C17H18BrNO4. The van der Waals surface area contributed by atoms with Crippen molar-refractivity contribution in [3.63, 3.8) is 0 Å². The van der Waals surface area contributed by atoms with Crippen LogP contribution in [0, 0.1) is 0 Å². The number of rotatable bonds is 6. The molecule has 23 heavy (non-hydrogen) atoms. The Morgan fingerprint density at radius 2 is 1.87 bits per heavy atom. The van der Waals surface area contributed by atoms with E-state index in [1.54, 1.807) is 11.0 Å². The van der Waals surface area contributed by atoms with Gasteiger partial charge < -0.3 is 14.1 Å². The molecule has 1 heterocycles. The lowest BCUT2D eigenvalue weighted by atomic mass is 10.2. The summed E-state index contributed by atoms with van der Waals surface area (Å²) in [6, 6.07) is 12.8. The molecule has 1 amide bonds. The van der Waals surface area contributed by atoms with Crippen LogP contribution in [0.4, 0.5) is 0 Å². The first-order valence-electron chi connectivity index (χ1n) is 7.23. The molecule has 0 unspecified atom stereocenters. The number of halogens is 1. The second kappa shape index (κ2) is 7.97. The van der Waals surface area contributed by atoms with Gasteiger partial charge in [-0.25, -0.2) is 4.79 Å². The van der Waals surface area contributed by atoms with Crippen LogP contribution in [0.5, 0.6) is 0 Å². The summed E-state index contributed by atoms with van der Waals surface area (Å²) in [7, 11) is 0. The normalized spacial score (nSPS) is 10.6. The molecule has 0 spiro atoms. The second-order valence-corrected chi connectivity index (χ2v) is 6.06. The average Bonchev–Trinajstić information content (AvgIpc) is 2.97. The number of carbonyl (C=O) groups is 2. The molecule has 1 aromatic heterocycles. The molecule has 0 saturated heterocycles. The van der Waals surface area contributed by atoms with Crippen LogP contribution in [0.2, 0.25) is 0 Å². The Balaban J connectivity index is 1.94. The molecule has 0 saturated carbocycles. The summed E-state index contributed by atoms with van der Waals surface area (Å²) in [5, 5.41) is 0. The molecule has 2 aromatic rings. The molecule has 0 aliphatic heterocycles. The Kier molecular flexibility index (Phi) is 5.98. The SMILES string of the molecule is CC(C)N(Cc1ccccc1)C(=O)COC(=O)c1ccc(Br)o1. The number of ether oxygens (including phenoxy) is 1.